The highest BCUT2D eigenvalue weighted by molar-refractivity contribution is 4.54. The maximum atomic E-state index is 8.85. The molecule has 0 atom stereocenters. The molecule has 0 amide bonds. The minimum atomic E-state index is -1.20. The molecule has 0 aliphatic heterocycles. The van der Waals surface area contributed by atoms with Gasteiger partial charge in [-0.15, -0.1) is 0 Å². The van der Waals surface area contributed by atoms with Crippen LogP contribution in [0.15, 0.2) is 0 Å². The van der Waals surface area contributed by atoms with Crippen molar-refractivity contribution >= 4 is 0 Å². The number of aliphatic hydroxyl groups excluding tert-OH is 1. The fourth-order valence-electron chi connectivity index (χ4n) is 2.95. The lowest BCUT2D eigenvalue weighted by atomic mass is 10.0. The molecule has 0 aromatic carbocycles. The second kappa shape index (κ2) is 17.2. The first-order valence-electron chi connectivity index (χ1n) is 9.71. The van der Waals surface area contributed by atoms with Gasteiger partial charge in [0.05, 0.1) is 0 Å². The molecule has 0 bridgehead atoms. The van der Waals surface area contributed by atoms with Gasteiger partial charge in [-0.25, -0.2) is 0 Å². The Kier molecular flexibility index (Phi) is 17.1. The van der Waals surface area contributed by atoms with Crippen molar-refractivity contribution in [3.05, 3.63) is 0 Å². The van der Waals surface area contributed by atoms with Gasteiger partial charge in [0.15, 0.2) is 6.29 Å². The molecule has 3 nitrogen and oxygen atoms in total. The zero-order valence-electron chi connectivity index (χ0n) is 15.2. The summed E-state index contributed by atoms with van der Waals surface area (Å²) >= 11 is 0. The van der Waals surface area contributed by atoms with Crippen LogP contribution in [0.25, 0.3) is 0 Å². The van der Waals surface area contributed by atoms with Crippen molar-refractivity contribution < 1.29 is 10.2 Å². The molecular formula is C19H41NO2. The Morgan fingerprint density at radius 3 is 1.36 bits per heavy atom. The lowest BCUT2D eigenvalue weighted by Gasteiger charge is -2.17. The molecule has 0 aromatic rings. The fourth-order valence-corrected chi connectivity index (χ4v) is 2.95. The summed E-state index contributed by atoms with van der Waals surface area (Å²) in [4.78, 5) is 1.99. The molecule has 0 saturated carbocycles. The number of aliphatic hydroxyl groups is 2. The van der Waals surface area contributed by atoms with Crippen LogP contribution in [-0.2, 0) is 0 Å². The predicted octanol–water partition coefficient (Wildman–Crippen LogP) is 4.71. The molecule has 0 aromatic heterocycles. The average molecular weight is 316 g/mol. The summed E-state index contributed by atoms with van der Waals surface area (Å²) in [6.45, 7) is 3.60. The monoisotopic (exact) mass is 315 g/mol. The van der Waals surface area contributed by atoms with Gasteiger partial charge in [0.25, 0.3) is 0 Å². The van der Waals surface area contributed by atoms with E-state index in [0.29, 0.717) is 6.54 Å². The van der Waals surface area contributed by atoms with Crippen molar-refractivity contribution in [1.82, 2.24) is 4.90 Å². The van der Waals surface area contributed by atoms with Crippen LogP contribution in [0.3, 0.4) is 0 Å². The summed E-state index contributed by atoms with van der Waals surface area (Å²) in [5.74, 6) is 0. The molecule has 0 spiro atoms. The normalized spacial score (nSPS) is 11.7. The van der Waals surface area contributed by atoms with Gasteiger partial charge in [0.2, 0.25) is 0 Å². The van der Waals surface area contributed by atoms with Gasteiger partial charge >= 0.3 is 0 Å². The van der Waals surface area contributed by atoms with Crippen LogP contribution in [-0.4, -0.2) is 41.5 Å². The highest BCUT2D eigenvalue weighted by Gasteiger charge is 2.03. The van der Waals surface area contributed by atoms with Crippen LogP contribution in [0.5, 0.6) is 0 Å². The maximum absolute atomic E-state index is 8.85. The smallest absolute Gasteiger partial charge is 0.164 e. The van der Waals surface area contributed by atoms with E-state index in [1.165, 1.54) is 89.9 Å². The molecule has 0 rings (SSSR count). The van der Waals surface area contributed by atoms with Crippen LogP contribution < -0.4 is 0 Å². The van der Waals surface area contributed by atoms with Crippen molar-refractivity contribution in [1.29, 1.82) is 0 Å². The minimum Gasteiger partial charge on any atom is -0.367 e. The number of rotatable bonds is 17. The maximum Gasteiger partial charge on any atom is 0.164 e. The van der Waals surface area contributed by atoms with Gasteiger partial charge in [0.1, 0.15) is 0 Å². The minimum absolute atomic E-state index is 0.360. The summed E-state index contributed by atoms with van der Waals surface area (Å²) in [7, 11) is 1.95. The molecular weight excluding hydrogens is 274 g/mol. The summed E-state index contributed by atoms with van der Waals surface area (Å²) in [5.41, 5.74) is 0. The zero-order valence-corrected chi connectivity index (χ0v) is 15.2. The molecule has 0 aliphatic rings. The highest BCUT2D eigenvalue weighted by atomic mass is 16.5. The molecule has 0 aliphatic carbocycles. The second-order valence-electron chi connectivity index (χ2n) is 6.84. The average Bonchev–Trinajstić information content (AvgIpc) is 2.47. The molecule has 0 fully saturated rings. The quantitative estimate of drug-likeness (QED) is 0.302. The van der Waals surface area contributed by atoms with Crippen molar-refractivity contribution in [2.24, 2.45) is 0 Å². The van der Waals surface area contributed by atoms with Crippen molar-refractivity contribution in [2.45, 2.75) is 103 Å². The third kappa shape index (κ3) is 17.9. The van der Waals surface area contributed by atoms with Gasteiger partial charge in [-0.3, -0.25) is 0 Å². The summed E-state index contributed by atoms with van der Waals surface area (Å²) < 4.78 is 0. The van der Waals surface area contributed by atoms with E-state index in [-0.39, 0.29) is 0 Å². The molecule has 3 heteroatoms. The topological polar surface area (TPSA) is 43.7 Å². The van der Waals surface area contributed by atoms with Crippen LogP contribution in [0.2, 0.25) is 0 Å². The number of unbranched alkanes of at least 4 members (excludes halogenated alkanes) is 13. The van der Waals surface area contributed by atoms with Crippen molar-refractivity contribution in [3.8, 4) is 0 Å². The van der Waals surface area contributed by atoms with Crippen LogP contribution in [0.1, 0.15) is 96.8 Å². The summed E-state index contributed by atoms with van der Waals surface area (Å²) in [5, 5.41) is 17.7. The van der Waals surface area contributed by atoms with Gasteiger partial charge < -0.3 is 15.1 Å². The largest absolute Gasteiger partial charge is 0.367 e. The Balaban J connectivity index is 3.05. The van der Waals surface area contributed by atoms with E-state index in [1.54, 1.807) is 0 Å². The number of likely N-dealkylation sites (N-methyl/N-ethyl adjacent to an activating group) is 1. The van der Waals surface area contributed by atoms with E-state index in [2.05, 4.69) is 6.92 Å². The van der Waals surface area contributed by atoms with Crippen LogP contribution in [0, 0.1) is 0 Å². The Bertz CT molecular complexity index is 210. The molecule has 0 heterocycles. The molecule has 0 unspecified atom stereocenters. The second-order valence-corrected chi connectivity index (χ2v) is 6.84. The zero-order chi connectivity index (χ0) is 16.5. The predicted molar refractivity (Wildman–Crippen MR) is 96.0 cm³/mol. The van der Waals surface area contributed by atoms with Gasteiger partial charge in [0, 0.05) is 6.54 Å². The van der Waals surface area contributed by atoms with Crippen LogP contribution >= 0.6 is 0 Å². The third-order valence-corrected chi connectivity index (χ3v) is 4.37. The number of hydrogen-bond acceptors (Lipinski definition) is 3. The van der Waals surface area contributed by atoms with Crippen molar-refractivity contribution in [3.63, 3.8) is 0 Å². The highest BCUT2D eigenvalue weighted by Crippen LogP contribution is 2.12. The Hall–Kier alpha value is -0.120. The third-order valence-electron chi connectivity index (χ3n) is 4.37. The summed E-state index contributed by atoms with van der Waals surface area (Å²) in [6, 6.07) is 0. The van der Waals surface area contributed by atoms with E-state index in [1.807, 2.05) is 11.9 Å². The summed E-state index contributed by atoms with van der Waals surface area (Å²) in [6.07, 6.45) is 18.1. The molecule has 2 N–H and O–H groups in total. The van der Waals surface area contributed by atoms with Gasteiger partial charge in [-0.2, -0.15) is 0 Å². The Morgan fingerprint density at radius 2 is 1.00 bits per heavy atom. The van der Waals surface area contributed by atoms with Gasteiger partial charge in [-0.05, 0) is 20.0 Å². The first-order valence-corrected chi connectivity index (χ1v) is 9.71. The van der Waals surface area contributed by atoms with Gasteiger partial charge in [-0.1, -0.05) is 90.4 Å². The molecule has 0 saturated heterocycles. The molecule has 22 heavy (non-hydrogen) atoms. The first kappa shape index (κ1) is 21.9. The van der Waals surface area contributed by atoms with E-state index < -0.39 is 6.29 Å². The first-order chi connectivity index (χ1) is 10.7. The Labute approximate surface area is 139 Å². The Morgan fingerprint density at radius 1 is 0.636 bits per heavy atom. The van der Waals surface area contributed by atoms with E-state index in [4.69, 9.17) is 10.2 Å². The fraction of sp³-hybridized carbons (Fsp3) is 1.00. The SMILES string of the molecule is CCCCCCCCCCCCCCCCN(C)CC(O)O. The standard InChI is InChI=1S/C19H41NO2/c1-3-4-5-6-7-8-9-10-11-12-13-14-15-16-17-20(2)18-19(21)22/h19,21-22H,3-18H2,1-2H3. The molecule has 134 valence electrons. The lowest BCUT2D eigenvalue weighted by molar-refractivity contribution is -0.0573. The number of hydrogen-bond donors (Lipinski definition) is 2. The molecule has 0 radical (unpaired) electrons. The lowest BCUT2D eigenvalue weighted by Crippen LogP contribution is -2.29. The van der Waals surface area contributed by atoms with E-state index >= 15 is 0 Å². The van der Waals surface area contributed by atoms with Crippen LogP contribution in [0.4, 0.5) is 0 Å². The van der Waals surface area contributed by atoms with E-state index in [9.17, 15) is 0 Å². The number of nitrogens with zero attached hydrogens (tertiary/aromatic N) is 1. The van der Waals surface area contributed by atoms with Crippen molar-refractivity contribution in [2.75, 3.05) is 20.1 Å². The van der Waals surface area contributed by atoms with E-state index in [0.717, 1.165) is 6.54 Å².